The molecule has 2 aromatic heterocycles. The highest BCUT2D eigenvalue weighted by Crippen LogP contribution is 2.34. The van der Waals surface area contributed by atoms with E-state index in [4.69, 9.17) is 11.6 Å². The zero-order valence-corrected chi connectivity index (χ0v) is 10.9. The number of anilines is 1. The Morgan fingerprint density at radius 3 is 2.94 bits per heavy atom. The number of aromatic nitrogens is 1. The predicted molar refractivity (Wildman–Crippen MR) is 72.8 cm³/mol. The molecule has 0 atom stereocenters. The van der Waals surface area contributed by atoms with Crippen LogP contribution in [0.5, 0.6) is 0 Å². The smallest absolute Gasteiger partial charge is 0.131 e. The Morgan fingerprint density at radius 2 is 2.29 bits per heavy atom. The minimum absolute atomic E-state index is 0.569. The average molecular weight is 265 g/mol. The Kier molecular flexibility index (Phi) is 3.04. The third kappa shape index (κ3) is 2.61. The van der Waals surface area contributed by atoms with Gasteiger partial charge in [0.15, 0.2) is 0 Å². The number of halogens is 1. The third-order valence-corrected chi connectivity index (χ3v) is 4.00. The van der Waals surface area contributed by atoms with Crippen molar-refractivity contribution in [3.63, 3.8) is 0 Å². The first-order chi connectivity index (χ1) is 8.33. The molecular weight excluding hydrogens is 252 g/mol. The quantitative estimate of drug-likeness (QED) is 0.777. The van der Waals surface area contributed by atoms with E-state index < -0.39 is 0 Å². The highest BCUT2D eigenvalue weighted by Gasteiger charge is 2.29. The number of hydrogen-bond acceptors (Lipinski definition) is 3. The van der Waals surface area contributed by atoms with Crippen molar-refractivity contribution in [2.75, 3.05) is 4.90 Å². The van der Waals surface area contributed by atoms with E-state index in [2.05, 4.69) is 27.4 Å². The van der Waals surface area contributed by atoms with E-state index in [1.165, 1.54) is 23.4 Å². The van der Waals surface area contributed by atoms with Crippen LogP contribution in [0.2, 0.25) is 5.15 Å². The first kappa shape index (κ1) is 11.1. The molecule has 0 aliphatic heterocycles. The van der Waals surface area contributed by atoms with Crippen molar-refractivity contribution in [2.45, 2.75) is 25.4 Å². The summed E-state index contributed by atoms with van der Waals surface area (Å²) < 4.78 is 0. The Hall–Kier alpha value is -1.06. The van der Waals surface area contributed by atoms with E-state index in [1.54, 1.807) is 17.5 Å². The Labute approximate surface area is 110 Å². The zero-order chi connectivity index (χ0) is 11.7. The molecule has 1 aliphatic carbocycles. The van der Waals surface area contributed by atoms with Crippen LogP contribution < -0.4 is 4.90 Å². The van der Waals surface area contributed by atoms with Gasteiger partial charge in [0.05, 0.1) is 6.54 Å². The fraction of sp³-hybridized carbons (Fsp3) is 0.308. The molecule has 88 valence electrons. The van der Waals surface area contributed by atoms with E-state index in [0.717, 1.165) is 6.54 Å². The van der Waals surface area contributed by atoms with E-state index in [0.29, 0.717) is 11.2 Å². The Balaban J connectivity index is 1.85. The summed E-state index contributed by atoms with van der Waals surface area (Å²) in [4.78, 5) is 7.86. The van der Waals surface area contributed by atoms with Crippen LogP contribution in [-0.2, 0) is 6.54 Å². The molecule has 3 rings (SSSR count). The van der Waals surface area contributed by atoms with E-state index >= 15 is 0 Å². The molecule has 0 spiro atoms. The van der Waals surface area contributed by atoms with Crippen LogP contribution in [0.25, 0.3) is 0 Å². The van der Waals surface area contributed by atoms with Crippen LogP contribution in [0.1, 0.15) is 17.7 Å². The molecule has 0 amide bonds. The minimum atomic E-state index is 0.569. The Bertz CT molecular complexity index is 494. The van der Waals surface area contributed by atoms with Crippen LogP contribution in [-0.4, -0.2) is 11.0 Å². The molecule has 1 aliphatic rings. The van der Waals surface area contributed by atoms with Gasteiger partial charge in [-0.05, 0) is 36.4 Å². The van der Waals surface area contributed by atoms with Gasteiger partial charge in [0.2, 0.25) is 0 Å². The standard InChI is InChI=1S/C13H13ClN2S/c14-13-8-11(5-6-15-13)16(10-3-4-10)9-12-2-1-7-17-12/h1-2,5-8,10H,3-4,9H2. The van der Waals surface area contributed by atoms with Gasteiger partial charge in [0.25, 0.3) is 0 Å². The second-order valence-corrected chi connectivity index (χ2v) is 5.69. The van der Waals surface area contributed by atoms with E-state index in [1.807, 2.05) is 12.1 Å². The molecule has 0 saturated heterocycles. The summed E-state index contributed by atoms with van der Waals surface area (Å²) in [6.45, 7) is 0.975. The maximum atomic E-state index is 5.96. The molecule has 0 radical (unpaired) electrons. The number of nitrogens with zero attached hydrogens (tertiary/aromatic N) is 2. The largest absolute Gasteiger partial charge is 0.363 e. The molecular formula is C13H13ClN2S. The summed E-state index contributed by atoms with van der Waals surface area (Å²) >= 11 is 7.77. The average Bonchev–Trinajstić information content (AvgIpc) is 3.03. The van der Waals surface area contributed by atoms with Gasteiger partial charge < -0.3 is 4.90 Å². The van der Waals surface area contributed by atoms with Gasteiger partial charge in [-0.1, -0.05) is 17.7 Å². The lowest BCUT2D eigenvalue weighted by Gasteiger charge is -2.24. The van der Waals surface area contributed by atoms with Crippen molar-refractivity contribution in [3.8, 4) is 0 Å². The van der Waals surface area contributed by atoms with Gasteiger partial charge >= 0.3 is 0 Å². The maximum Gasteiger partial charge on any atom is 0.131 e. The predicted octanol–water partition coefficient (Wildman–Crippen LogP) is 3.97. The summed E-state index contributed by atoms with van der Waals surface area (Å²) in [5, 5.41) is 2.69. The van der Waals surface area contributed by atoms with Crippen LogP contribution in [0.3, 0.4) is 0 Å². The molecule has 1 fully saturated rings. The summed E-state index contributed by atoms with van der Waals surface area (Å²) in [5.41, 5.74) is 1.18. The van der Waals surface area contributed by atoms with Crippen molar-refractivity contribution < 1.29 is 0 Å². The van der Waals surface area contributed by atoms with E-state index in [9.17, 15) is 0 Å². The SMILES string of the molecule is Clc1cc(N(Cc2cccs2)C2CC2)ccn1. The molecule has 0 unspecified atom stereocenters. The Morgan fingerprint density at radius 1 is 1.41 bits per heavy atom. The van der Waals surface area contributed by atoms with Gasteiger partial charge in [0, 0.05) is 22.8 Å². The van der Waals surface area contributed by atoms with Gasteiger partial charge in [0.1, 0.15) is 5.15 Å². The van der Waals surface area contributed by atoms with Crippen LogP contribution in [0.4, 0.5) is 5.69 Å². The summed E-state index contributed by atoms with van der Waals surface area (Å²) in [5.74, 6) is 0. The van der Waals surface area contributed by atoms with Crippen molar-refractivity contribution in [1.82, 2.24) is 4.98 Å². The second kappa shape index (κ2) is 4.67. The summed E-state index contributed by atoms with van der Waals surface area (Å²) in [7, 11) is 0. The molecule has 2 nitrogen and oxygen atoms in total. The fourth-order valence-corrected chi connectivity index (χ4v) is 2.83. The topological polar surface area (TPSA) is 16.1 Å². The lowest BCUT2D eigenvalue weighted by atomic mass is 10.3. The number of pyridine rings is 1. The number of rotatable bonds is 4. The summed E-state index contributed by atoms with van der Waals surface area (Å²) in [6.07, 6.45) is 4.35. The molecule has 2 aromatic rings. The van der Waals surface area contributed by atoms with Crippen LogP contribution in [0, 0.1) is 0 Å². The highest BCUT2D eigenvalue weighted by atomic mass is 35.5. The van der Waals surface area contributed by atoms with Crippen LogP contribution in [0.15, 0.2) is 35.8 Å². The maximum absolute atomic E-state index is 5.96. The van der Waals surface area contributed by atoms with Gasteiger partial charge in [-0.25, -0.2) is 4.98 Å². The van der Waals surface area contributed by atoms with Gasteiger partial charge in [-0.15, -0.1) is 11.3 Å². The number of hydrogen-bond donors (Lipinski definition) is 0. The minimum Gasteiger partial charge on any atom is -0.363 e. The van der Waals surface area contributed by atoms with Crippen molar-refractivity contribution >= 4 is 28.6 Å². The number of thiophene rings is 1. The second-order valence-electron chi connectivity index (χ2n) is 4.28. The molecule has 0 aromatic carbocycles. The molecule has 0 N–H and O–H groups in total. The first-order valence-electron chi connectivity index (χ1n) is 5.73. The lowest BCUT2D eigenvalue weighted by molar-refractivity contribution is 0.802. The van der Waals surface area contributed by atoms with Crippen molar-refractivity contribution in [3.05, 3.63) is 45.9 Å². The summed E-state index contributed by atoms with van der Waals surface area (Å²) in [6, 6.07) is 8.95. The zero-order valence-electron chi connectivity index (χ0n) is 9.34. The highest BCUT2D eigenvalue weighted by molar-refractivity contribution is 7.09. The van der Waals surface area contributed by atoms with Crippen LogP contribution >= 0.6 is 22.9 Å². The third-order valence-electron chi connectivity index (χ3n) is 2.94. The van der Waals surface area contributed by atoms with Gasteiger partial charge in [-0.2, -0.15) is 0 Å². The van der Waals surface area contributed by atoms with Crippen molar-refractivity contribution in [2.24, 2.45) is 0 Å². The fourth-order valence-electron chi connectivity index (χ4n) is 1.96. The molecule has 1 saturated carbocycles. The molecule has 2 heterocycles. The molecule has 4 heteroatoms. The first-order valence-corrected chi connectivity index (χ1v) is 6.99. The van der Waals surface area contributed by atoms with E-state index in [-0.39, 0.29) is 0 Å². The molecule has 0 bridgehead atoms. The molecule has 17 heavy (non-hydrogen) atoms. The monoisotopic (exact) mass is 264 g/mol. The van der Waals surface area contributed by atoms with Gasteiger partial charge in [-0.3, -0.25) is 0 Å². The normalized spacial score (nSPS) is 14.9. The van der Waals surface area contributed by atoms with Crippen molar-refractivity contribution in [1.29, 1.82) is 0 Å². The lowest BCUT2D eigenvalue weighted by Crippen LogP contribution is -2.24.